The van der Waals surface area contributed by atoms with Crippen molar-refractivity contribution in [3.8, 4) is 29.0 Å². The summed E-state index contributed by atoms with van der Waals surface area (Å²) < 4.78 is 49.3. The quantitative estimate of drug-likeness (QED) is 0.146. The zero-order valence-electron chi connectivity index (χ0n) is 25.2. The number of nitrogen functional groups attached to an aromatic ring is 1. The first kappa shape index (κ1) is 32.0. The fourth-order valence-corrected chi connectivity index (χ4v) is 4.82. The van der Waals surface area contributed by atoms with E-state index in [2.05, 4.69) is 9.98 Å². The molecule has 0 bridgehead atoms. The first-order valence-electron chi connectivity index (χ1n) is 14.1. The first-order chi connectivity index (χ1) is 21.0. The second-order valence-corrected chi connectivity index (χ2v) is 10.3. The molecule has 4 rings (SSSR count). The summed E-state index contributed by atoms with van der Waals surface area (Å²) in [7, 11) is 3.27. The Hall–Kier alpha value is -4.94. The van der Waals surface area contributed by atoms with Crippen LogP contribution in [0, 0.1) is 23.0 Å². The van der Waals surface area contributed by atoms with Crippen LogP contribution >= 0.6 is 0 Å². The number of carbonyl (C=O) groups is 1. The maximum atomic E-state index is 16.3. The molecule has 2 unspecified atom stereocenters. The smallest absolute Gasteiger partial charge is 0.329 e. The number of nitrogens with one attached hydrogen (secondary N) is 1. The molecule has 4 N–H and O–H groups in total. The Kier molecular flexibility index (Phi) is 9.87. The van der Waals surface area contributed by atoms with E-state index in [1.165, 1.54) is 25.2 Å². The molecule has 0 aliphatic carbocycles. The van der Waals surface area contributed by atoms with Crippen LogP contribution in [0.5, 0.6) is 29.0 Å². The minimum absolute atomic E-state index is 0.0756. The van der Waals surface area contributed by atoms with Crippen molar-refractivity contribution in [2.45, 2.75) is 33.2 Å². The Balaban J connectivity index is 1.85. The third-order valence-electron chi connectivity index (χ3n) is 7.32. The molecule has 0 amide bonds. The Bertz CT molecular complexity index is 1580. The van der Waals surface area contributed by atoms with Gasteiger partial charge in [-0.25, -0.2) is 4.79 Å². The number of rotatable bonds is 12. The maximum Gasteiger partial charge on any atom is 0.329 e. The van der Waals surface area contributed by atoms with Crippen LogP contribution in [0.4, 0.5) is 14.5 Å². The maximum absolute atomic E-state index is 16.3. The number of amidine groups is 2. The second kappa shape index (κ2) is 13.6. The van der Waals surface area contributed by atoms with E-state index >= 15 is 8.78 Å². The number of aliphatic imine (C=N–C) groups is 1. The zero-order chi connectivity index (χ0) is 32.1. The number of carbonyl (C=O) groups excluding carboxylic acids is 1. The minimum Gasteiger partial charge on any atom is -0.504 e. The molecule has 44 heavy (non-hydrogen) atoms. The highest BCUT2D eigenvalue weighted by atomic mass is 19.1. The van der Waals surface area contributed by atoms with Crippen molar-refractivity contribution in [3.05, 3.63) is 65.2 Å². The minimum atomic E-state index is -1.25. The van der Waals surface area contributed by atoms with Crippen LogP contribution < -0.4 is 20.1 Å². The normalized spacial score (nSPS) is 14.1. The van der Waals surface area contributed by atoms with Crippen LogP contribution in [-0.4, -0.2) is 72.5 Å². The number of aromatic nitrogens is 1. The van der Waals surface area contributed by atoms with Crippen molar-refractivity contribution in [2.75, 3.05) is 38.7 Å². The van der Waals surface area contributed by atoms with Crippen LogP contribution in [0.3, 0.4) is 0 Å². The number of pyridine rings is 1. The second-order valence-electron chi connectivity index (χ2n) is 10.3. The van der Waals surface area contributed by atoms with Gasteiger partial charge in [-0.05, 0) is 43.2 Å². The van der Waals surface area contributed by atoms with Gasteiger partial charge in [0.25, 0.3) is 11.8 Å². The molecule has 1 aromatic heterocycles. The van der Waals surface area contributed by atoms with Gasteiger partial charge in [0.2, 0.25) is 11.6 Å². The largest absolute Gasteiger partial charge is 0.504 e. The summed E-state index contributed by atoms with van der Waals surface area (Å²) >= 11 is 0. The van der Waals surface area contributed by atoms with Gasteiger partial charge >= 0.3 is 5.97 Å². The summed E-state index contributed by atoms with van der Waals surface area (Å²) in [6.45, 7) is 6.71. The number of nitrogens with two attached hydrogens (primary N) is 1. The zero-order valence-corrected chi connectivity index (χ0v) is 25.2. The van der Waals surface area contributed by atoms with Gasteiger partial charge in [0.15, 0.2) is 11.5 Å². The molecule has 0 spiro atoms. The lowest BCUT2D eigenvalue weighted by atomic mass is 9.97. The Labute approximate surface area is 254 Å². The Morgan fingerprint density at radius 1 is 1.16 bits per heavy atom. The molecule has 1 aliphatic rings. The van der Waals surface area contributed by atoms with E-state index in [4.69, 9.17) is 25.4 Å². The average molecular weight is 611 g/mol. The van der Waals surface area contributed by atoms with Crippen molar-refractivity contribution in [1.29, 1.82) is 5.41 Å². The predicted molar refractivity (Wildman–Crippen MR) is 162 cm³/mol. The summed E-state index contributed by atoms with van der Waals surface area (Å²) in [5.41, 5.74) is 5.83. The van der Waals surface area contributed by atoms with Gasteiger partial charge in [0, 0.05) is 31.8 Å². The number of aromatic hydroxyl groups is 1. The third-order valence-corrected chi connectivity index (χ3v) is 7.32. The average Bonchev–Trinajstić information content (AvgIpc) is 3.42. The molecular formula is C31H36F2N6O5. The third kappa shape index (κ3) is 6.66. The number of hydrogen-bond donors (Lipinski definition) is 3. The van der Waals surface area contributed by atoms with Crippen LogP contribution in [0.15, 0.2) is 47.5 Å². The first-order valence-corrected chi connectivity index (χ1v) is 14.1. The molecule has 2 heterocycles. The highest BCUT2D eigenvalue weighted by molar-refractivity contribution is 6.00. The number of hydrogen-bond acceptors (Lipinski definition) is 10. The number of halogens is 2. The van der Waals surface area contributed by atoms with Gasteiger partial charge in [-0.15, -0.1) is 0 Å². The van der Waals surface area contributed by atoms with Crippen LogP contribution in [0.25, 0.3) is 0 Å². The lowest BCUT2D eigenvalue weighted by Gasteiger charge is -2.33. The fourth-order valence-electron chi connectivity index (χ4n) is 4.82. The van der Waals surface area contributed by atoms with E-state index in [9.17, 15) is 9.90 Å². The number of esters is 1. The SMILES string of the molecule is CCOC(=O)C(C(C)CC)N(C)c1c(F)c(Oc2cccc(C3=NCCN3C)c2)nc(Oc2cc(C(=N)N)ccc2O)c1F. The fraction of sp³-hybridized carbons (Fsp3) is 0.355. The van der Waals surface area contributed by atoms with Crippen LogP contribution in [-0.2, 0) is 9.53 Å². The highest BCUT2D eigenvalue weighted by Crippen LogP contribution is 2.41. The molecule has 13 heteroatoms. The summed E-state index contributed by atoms with van der Waals surface area (Å²) in [6, 6.07) is 9.50. The van der Waals surface area contributed by atoms with Crippen molar-refractivity contribution in [2.24, 2.45) is 16.6 Å². The topological polar surface area (TPSA) is 147 Å². The Morgan fingerprint density at radius 2 is 1.86 bits per heavy atom. The van der Waals surface area contributed by atoms with E-state index in [1.807, 2.05) is 24.9 Å². The molecule has 234 valence electrons. The summed E-state index contributed by atoms with van der Waals surface area (Å²) in [6.07, 6.45) is 0.506. The van der Waals surface area contributed by atoms with Gasteiger partial charge in [0.1, 0.15) is 29.1 Å². The van der Waals surface area contributed by atoms with Crippen molar-refractivity contribution in [3.63, 3.8) is 0 Å². The molecule has 0 saturated carbocycles. The van der Waals surface area contributed by atoms with Crippen molar-refractivity contribution < 1.29 is 32.9 Å². The van der Waals surface area contributed by atoms with Crippen LogP contribution in [0.2, 0.25) is 0 Å². The lowest BCUT2D eigenvalue weighted by Crippen LogP contribution is -2.45. The highest BCUT2D eigenvalue weighted by Gasteiger charge is 2.36. The molecule has 0 fully saturated rings. The number of phenols is 1. The van der Waals surface area contributed by atoms with Gasteiger partial charge in [-0.1, -0.05) is 32.4 Å². The molecule has 0 radical (unpaired) electrons. The van der Waals surface area contributed by atoms with E-state index in [0.717, 1.165) is 22.8 Å². The van der Waals surface area contributed by atoms with Gasteiger partial charge in [-0.3, -0.25) is 10.4 Å². The van der Waals surface area contributed by atoms with Gasteiger partial charge in [-0.2, -0.15) is 13.8 Å². The molecular weight excluding hydrogens is 574 g/mol. The van der Waals surface area contributed by atoms with Gasteiger partial charge < -0.3 is 34.9 Å². The lowest BCUT2D eigenvalue weighted by molar-refractivity contribution is -0.146. The Morgan fingerprint density at radius 3 is 2.48 bits per heavy atom. The number of ether oxygens (including phenoxy) is 3. The monoisotopic (exact) mass is 610 g/mol. The number of anilines is 1. The van der Waals surface area contributed by atoms with E-state index in [-0.39, 0.29) is 35.4 Å². The summed E-state index contributed by atoms with van der Waals surface area (Å²) in [5.74, 6) is -4.95. The number of benzene rings is 2. The molecule has 3 aromatic rings. The van der Waals surface area contributed by atoms with E-state index in [0.29, 0.717) is 13.0 Å². The standard InChI is InChI=1S/C31H36F2N6O5/c1-6-17(3)25(31(41)42-7-2)39(5)26-23(32)29(43-20-10-8-9-19(15-20)28-36-13-14-38(28)4)37-30(24(26)33)44-22-16-18(27(34)35)11-12-21(22)40/h8-12,15-17,25,40H,6-7,13-14H2,1-5H3,(H3,34,35). The number of phenolic OH excluding ortho intramolecular Hbond substituents is 1. The molecule has 2 atom stereocenters. The molecule has 2 aromatic carbocycles. The molecule has 0 saturated heterocycles. The van der Waals surface area contributed by atoms with E-state index < -0.39 is 46.8 Å². The van der Waals surface area contributed by atoms with E-state index in [1.54, 1.807) is 32.0 Å². The molecule has 1 aliphatic heterocycles. The van der Waals surface area contributed by atoms with Crippen molar-refractivity contribution in [1.82, 2.24) is 9.88 Å². The van der Waals surface area contributed by atoms with Crippen LogP contribution in [0.1, 0.15) is 38.3 Å². The van der Waals surface area contributed by atoms with Crippen molar-refractivity contribution >= 4 is 23.3 Å². The number of likely N-dealkylation sites (N-methyl/N-ethyl adjacent to an activating group) is 2. The predicted octanol–water partition coefficient (Wildman–Crippen LogP) is 5.04. The van der Waals surface area contributed by atoms with Gasteiger partial charge in [0.05, 0.1) is 13.2 Å². The summed E-state index contributed by atoms with van der Waals surface area (Å²) in [4.78, 5) is 24.6. The molecule has 11 nitrogen and oxygen atoms in total. The summed E-state index contributed by atoms with van der Waals surface area (Å²) in [5, 5.41) is 18.1. The number of nitrogens with zero attached hydrogens (tertiary/aromatic N) is 4.